The number of hydrogen-bond donors (Lipinski definition) is 2. The molecule has 0 spiro atoms. The summed E-state index contributed by atoms with van der Waals surface area (Å²) in [6.07, 6.45) is 3.15. The lowest BCUT2D eigenvalue weighted by Crippen LogP contribution is -2.54. The number of aliphatic hydroxyl groups is 1. The standard InChI is InChI=1S/C18H28FN3O/c1-14(9-15-5-7-16(19)8-6-15)10-18(23,17(2,3)4)11-22-13-20-12-21-22/h5-8,12,14,23H,9-11,13H2,1-4H3,(H,20,21). The fourth-order valence-electron chi connectivity index (χ4n) is 2.99. The Kier molecular flexibility index (Phi) is 5.42. The molecule has 1 heterocycles. The minimum absolute atomic E-state index is 0.215. The van der Waals surface area contributed by atoms with Gasteiger partial charge in [0.05, 0.1) is 11.9 Å². The maximum absolute atomic E-state index is 13.0. The Balaban J connectivity index is 2.02. The van der Waals surface area contributed by atoms with E-state index in [1.807, 2.05) is 17.1 Å². The molecule has 1 aliphatic heterocycles. The van der Waals surface area contributed by atoms with Crippen LogP contribution in [0.15, 0.2) is 29.3 Å². The van der Waals surface area contributed by atoms with Crippen molar-refractivity contribution in [3.05, 3.63) is 35.6 Å². The van der Waals surface area contributed by atoms with E-state index in [9.17, 15) is 9.50 Å². The van der Waals surface area contributed by atoms with Gasteiger partial charge in [0.2, 0.25) is 0 Å². The Bertz CT molecular complexity index is 530. The molecule has 0 radical (unpaired) electrons. The van der Waals surface area contributed by atoms with Crippen molar-refractivity contribution in [2.24, 2.45) is 16.3 Å². The van der Waals surface area contributed by atoms with Gasteiger partial charge >= 0.3 is 0 Å². The first-order chi connectivity index (χ1) is 10.7. The van der Waals surface area contributed by atoms with Gasteiger partial charge in [0.15, 0.2) is 0 Å². The predicted octanol–water partition coefficient (Wildman–Crippen LogP) is 2.98. The normalized spacial score (nSPS) is 19.4. The SMILES string of the molecule is CC(Cc1ccc(F)cc1)CC(O)(CN1CN=CN1)C(C)(C)C. The van der Waals surface area contributed by atoms with Crippen LogP contribution in [0.25, 0.3) is 0 Å². The average Bonchev–Trinajstić information content (AvgIpc) is 2.92. The molecule has 2 atom stereocenters. The second-order valence-electron chi connectivity index (χ2n) is 7.70. The first-order valence-electron chi connectivity index (χ1n) is 8.16. The lowest BCUT2D eigenvalue weighted by Gasteiger charge is -2.44. The molecule has 5 heteroatoms. The Morgan fingerprint density at radius 2 is 1.96 bits per heavy atom. The molecule has 0 fully saturated rings. The van der Waals surface area contributed by atoms with Crippen LogP contribution in [0.2, 0.25) is 0 Å². The monoisotopic (exact) mass is 321 g/mol. The molecule has 128 valence electrons. The van der Waals surface area contributed by atoms with Crippen LogP contribution < -0.4 is 5.43 Å². The summed E-state index contributed by atoms with van der Waals surface area (Å²) in [5, 5.41) is 13.2. The van der Waals surface area contributed by atoms with Crippen molar-refractivity contribution >= 4 is 6.34 Å². The fraction of sp³-hybridized carbons (Fsp3) is 0.611. The van der Waals surface area contributed by atoms with Crippen LogP contribution in [-0.4, -0.2) is 35.3 Å². The summed E-state index contributed by atoms with van der Waals surface area (Å²) >= 11 is 0. The summed E-state index contributed by atoms with van der Waals surface area (Å²) in [6.45, 7) is 9.40. The third-order valence-electron chi connectivity index (χ3n) is 4.62. The summed E-state index contributed by atoms with van der Waals surface area (Å²) in [6, 6.07) is 6.61. The molecule has 23 heavy (non-hydrogen) atoms. The number of halogens is 1. The van der Waals surface area contributed by atoms with Crippen LogP contribution in [0.1, 0.15) is 39.7 Å². The number of nitrogens with zero attached hydrogens (tertiary/aromatic N) is 2. The zero-order valence-electron chi connectivity index (χ0n) is 14.5. The molecule has 0 aromatic heterocycles. The summed E-state index contributed by atoms with van der Waals surface area (Å²) in [7, 11) is 0. The third kappa shape index (κ3) is 4.75. The minimum Gasteiger partial charge on any atom is -0.388 e. The van der Waals surface area contributed by atoms with Crippen molar-refractivity contribution < 1.29 is 9.50 Å². The highest BCUT2D eigenvalue weighted by atomic mass is 19.1. The summed E-state index contributed by atoms with van der Waals surface area (Å²) in [5.41, 5.74) is 3.05. The molecule has 2 N–H and O–H groups in total. The lowest BCUT2D eigenvalue weighted by molar-refractivity contribution is -0.0970. The fourth-order valence-corrected chi connectivity index (χ4v) is 2.99. The molecule has 1 aliphatic rings. The Labute approximate surface area is 138 Å². The first kappa shape index (κ1) is 17.9. The van der Waals surface area contributed by atoms with Gasteiger partial charge in [-0.1, -0.05) is 39.8 Å². The molecular formula is C18H28FN3O. The molecule has 0 bridgehead atoms. The molecule has 0 saturated carbocycles. The van der Waals surface area contributed by atoms with E-state index in [4.69, 9.17) is 0 Å². The lowest BCUT2D eigenvalue weighted by atomic mass is 9.71. The summed E-state index contributed by atoms with van der Waals surface area (Å²) in [5.74, 6) is 0.0703. The zero-order valence-corrected chi connectivity index (χ0v) is 14.5. The van der Waals surface area contributed by atoms with Gasteiger partial charge in [-0.2, -0.15) is 5.01 Å². The number of hydrazine groups is 1. The van der Waals surface area contributed by atoms with Gasteiger partial charge in [-0.3, -0.25) is 4.99 Å². The molecule has 2 rings (SSSR count). The summed E-state index contributed by atoms with van der Waals surface area (Å²) in [4.78, 5) is 4.13. The molecule has 4 nitrogen and oxygen atoms in total. The maximum Gasteiger partial charge on any atom is 0.123 e. The Hall–Kier alpha value is -1.46. The second kappa shape index (κ2) is 6.97. The topological polar surface area (TPSA) is 47.9 Å². The van der Waals surface area contributed by atoms with Crippen LogP contribution in [0.4, 0.5) is 4.39 Å². The molecule has 0 aliphatic carbocycles. The van der Waals surface area contributed by atoms with Gasteiger partial charge in [0, 0.05) is 6.54 Å². The number of aliphatic imine (C=N–C) groups is 1. The van der Waals surface area contributed by atoms with E-state index < -0.39 is 5.60 Å². The Morgan fingerprint density at radius 1 is 1.30 bits per heavy atom. The molecule has 2 unspecified atom stereocenters. The van der Waals surface area contributed by atoms with Gasteiger partial charge in [-0.25, -0.2) is 4.39 Å². The second-order valence-corrected chi connectivity index (χ2v) is 7.70. The number of β-amino-alcohol motifs (C(OH)–C–C–N with tert-alkyl or cyclic N) is 1. The van der Waals surface area contributed by atoms with E-state index >= 15 is 0 Å². The number of nitrogens with one attached hydrogen (secondary N) is 1. The van der Waals surface area contributed by atoms with Crippen molar-refractivity contribution in [2.75, 3.05) is 13.2 Å². The zero-order chi connectivity index (χ0) is 17.1. The Morgan fingerprint density at radius 3 is 2.48 bits per heavy atom. The van der Waals surface area contributed by atoms with Crippen molar-refractivity contribution in [3.63, 3.8) is 0 Å². The quantitative estimate of drug-likeness (QED) is 0.847. The van der Waals surface area contributed by atoms with E-state index in [0.29, 0.717) is 19.6 Å². The van der Waals surface area contributed by atoms with Crippen LogP contribution >= 0.6 is 0 Å². The molecule has 0 amide bonds. The van der Waals surface area contributed by atoms with E-state index in [1.165, 1.54) is 12.1 Å². The number of benzene rings is 1. The van der Waals surface area contributed by atoms with E-state index in [1.54, 1.807) is 6.34 Å². The number of rotatable bonds is 6. The minimum atomic E-state index is -0.840. The molecule has 1 aromatic carbocycles. The molecular weight excluding hydrogens is 293 g/mol. The highest BCUT2D eigenvalue weighted by molar-refractivity contribution is 5.55. The van der Waals surface area contributed by atoms with Gasteiger partial charge in [0.1, 0.15) is 12.5 Å². The van der Waals surface area contributed by atoms with Crippen LogP contribution in [0.3, 0.4) is 0 Å². The summed E-state index contributed by atoms with van der Waals surface area (Å²) < 4.78 is 13.0. The third-order valence-corrected chi connectivity index (χ3v) is 4.62. The van der Waals surface area contributed by atoms with E-state index in [-0.39, 0.29) is 17.2 Å². The van der Waals surface area contributed by atoms with Crippen LogP contribution in [-0.2, 0) is 6.42 Å². The van der Waals surface area contributed by atoms with Gasteiger partial charge in [0.25, 0.3) is 0 Å². The number of hydrogen-bond acceptors (Lipinski definition) is 4. The van der Waals surface area contributed by atoms with E-state index in [2.05, 4.69) is 38.1 Å². The van der Waals surface area contributed by atoms with Gasteiger partial charge in [-0.15, -0.1) is 0 Å². The highest BCUT2D eigenvalue weighted by Gasteiger charge is 2.42. The maximum atomic E-state index is 13.0. The van der Waals surface area contributed by atoms with Gasteiger partial charge < -0.3 is 10.5 Å². The van der Waals surface area contributed by atoms with Crippen molar-refractivity contribution in [1.82, 2.24) is 10.4 Å². The molecule has 1 aromatic rings. The highest BCUT2D eigenvalue weighted by Crippen LogP contribution is 2.37. The van der Waals surface area contributed by atoms with E-state index in [0.717, 1.165) is 12.0 Å². The smallest absolute Gasteiger partial charge is 0.123 e. The average molecular weight is 321 g/mol. The predicted molar refractivity (Wildman–Crippen MR) is 91.5 cm³/mol. The van der Waals surface area contributed by atoms with Crippen molar-refractivity contribution in [2.45, 2.75) is 46.1 Å². The van der Waals surface area contributed by atoms with Crippen molar-refractivity contribution in [3.8, 4) is 0 Å². The van der Waals surface area contributed by atoms with Crippen molar-refractivity contribution in [1.29, 1.82) is 0 Å². The van der Waals surface area contributed by atoms with Crippen LogP contribution in [0, 0.1) is 17.2 Å². The first-order valence-corrected chi connectivity index (χ1v) is 8.16. The van der Waals surface area contributed by atoms with Crippen LogP contribution in [0.5, 0.6) is 0 Å². The van der Waals surface area contributed by atoms with Gasteiger partial charge in [-0.05, 0) is 41.9 Å². The largest absolute Gasteiger partial charge is 0.388 e. The molecule has 0 saturated heterocycles.